The summed E-state index contributed by atoms with van der Waals surface area (Å²) in [7, 11) is 0. The molecule has 0 saturated heterocycles. The number of hydrogen-bond donors (Lipinski definition) is 1. The molecule has 2 aromatic heterocycles. The largest absolute Gasteiger partial charge is 0.319 e. The molecule has 27 heavy (non-hydrogen) atoms. The van der Waals surface area contributed by atoms with Crippen molar-refractivity contribution in [2.45, 2.75) is 0 Å². The zero-order chi connectivity index (χ0) is 18.4. The maximum absolute atomic E-state index is 13.0. The normalized spacial score (nSPS) is 11.3. The SMILES string of the molecule is O=c1[nH]c2ccccc2n2c(-c3ccc(Br)cc3)nc(-c3ccccc3)c12. The summed E-state index contributed by atoms with van der Waals surface area (Å²) >= 11 is 3.48. The first-order chi connectivity index (χ1) is 13.2. The lowest BCUT2D eigenvalue weighted by Crippen LogP contribution is -2.11. The zero-order valence-corrected chi connectivity index (χ0v) is 15.8. The minimum Gasteiger partial charge on any atom is -0.319 e. The Bertz CT molecular complexity index is 1340. The molecule has 5 aromatic rings. The zero-order valence-electron chi connectivity index (χ0n) is 14.2. The Morgan fingerprint density at radius 2 is 1.52 bits per heavy atom. The lowest BCUT2D eigenvalue weighted by molar-refractivity contribution is 1.17. The van der Waals surface area contributed by atoms with Crippen LogP contribution in [0.3, 0.4) is 0 Å². The number of H-pyrrole nitrogens is 1. The summed E-state index contributed by atoms with van der Waals surface area (Å²) in [4.78, 5) is 20.9. The van der Waals surface area contributed by atoms with Crippen LogP contribution in [0.4, 0.5) is 0 Å². The first-order valence-electron chi connectivity index (χ1n) is 8.57. The second-order valence-corrected chi connectivity index (χ2v) is 7.23. The molecule has 0 atom stereocenters. The van der Waals surface area contributed by atoms with Crippen LogP contribution >= 0.6 is 15.9 Å². The number of fused-ring (bicyclic) bond motifs is 3. The van der Waals surface area contributed by atoms with E-state index in [1.54, 1.807) is 0 Å². The number of aromatic nitrogens is 3. The average molecular weight is 416 g/mol. The van der Waals surface area contributed by atoms with Crippen molar-refractivity contribution in [1.82, 2.24) is 14.4 Å². The van der Waals surface area contributed by atoms with Crippen molar-refractivity contribution in [1.29, 1.82) is 0 Å². The van der Waals surface area contributed by atoms with Gasteiger partial charge in [0, 0.05) is 15.6 Å². The maximum Gasteiger partial charge on any atom is 0.275 e. The number of hydrogen-bond acceptors (Lipinski definition) is 2. The van der Waals surface area contributed by atoms with Gasteiger partial charge in [0.05, 0.1) is 11.0 Å². The summed E-state index contributed by atoms with van der Waals surface area (Å²) in [5.74, 6) is 0.749. The lowest BCUT2D eigenvalue weighted by atomic mass is 10.1. The third-order valence-electron chi connectivity index (χ3n) is 4.64. The Hall–Kier alpha value is -3.18. The fourth-order valence-electron chi connectivity index (χ4n) is 3.41. The quantitative estimate of drug-likeness (QED) is 0.426. The third-order valence-corrected chi connectivity index (χ3v) is 5.16. The van der Waals surface area contributed by atoms with Gasteiger partial charge < -0.3 is 4.98 Å². The lowest BCUT2D eigenvalue weighted by Gasteiger charge is -2.06. The van der Waals surface area contributed by atoms with E-state index in [9.17, 15) is 4.79 Å². The Morgan fingerprint density at radius 3 is 2.30 bits per heavy atom. The van der Waals surface area contributed by atoms with Crippen molar-refractivity contribution in [2.75, 3.05) is 0 Å². The van der Waals surface area contributed by atoms with Crippen LogP contribution in [0.2, 0.25) is 0 Å². The predicted octanol–water partition coefficient (Wildman–Crippen LogP) is 5.27. The van der Waals surface area contributed by atoms with Crippen molar-refractivity contribution in [3.8, 4) is 22.6 Å². The number of imidazole rings is 1. The van der Waals surface area contributed by atoms with Crippen LogP contribution < -0.4 is 5.56 Å². The molecule has 0 aliphatic heterocycles. The van der Waals surface area contributed by atoms with Gasteiger partial charge in [-0.3, -0.25) is 9.20 Å². The molecule has 5 heteroatoms. The first kappa shape index (κ1) is 16.0. The number of halogens is 1. The van der Waals surface area contributed by atoms with E-state index >= 15 is 0 Å². The highest BCUT2D eigenvalue weighted by Crippen LogP contribution is 2.30. The minimum atomic E-state index is -0.150. The van der Waals surface area contributed by atoms with Gasteiger partial charge in [-0.25, -0.2) is 4.98 Å². The van der Waals surface area contributed by atoms with Crippen LogP contribution in [0.25, 0.3) is 39.2 Å². The molecule has 0 fully saturated rings. The Morgan fingerprint density at radius 1 is 0.815 bits per heavy atom. The number of nitrogens with one attached hydrogen (secondary N) is 1. The van der Waals surface area contributed by atoms with Crippen molar-refractivity contribution in [2.24, 2.45) is 0 Å². The molecular formula is C22H14BrN3O. The fourth-order valence-corrected chi connectivity index (χ4v) is 3.67. The van der Waals surface area contributed by atoms with E-state index in [4.69, 9.17) is 4.98 Å². The van der Waals surface area contributed by atoms with Gasteiger partial charge in [0.25, 0.3) is 5.56 Å². The van der Waals surface area contributed by atoms with Crippen LogP contribution in [0, 0.1) is 0 Å². The average Bonchev–Trinajstić information content (AvgIpc) is 3.11. The van der Waals surface area contributed by atoms with Gasteiger partial charge >= 0.3 is 0 Å². The molecule has 0 bridgehead atoms. The van der Waals surface area contributed by atoms with E-state index in [1.807, 2.05) is 83.3 Å². The monoisotopic (exact) mass is 415 g/mol. The summed E-state index contributed by atoms with van der Waals surface area (Å²) < 4.78 is 2.96. The fraction of sp³-hybridized carbons (Fsp3) is 0. The van der Waals surface area contributed by atoms with Crippen molar-refractivity contribution in [3.05, 3.63) is 93.7 Å². The molecule has 0 unspecified atom stereocenters. The molecule has 0 saturated carbocycles. The highest BCUT2D eigenvalue weighted by atomic mass is 79.9. The van der Waals surface area contributed by atoms with Gasteiger partial charge in [-0.2, -0.15) is 0 Å². The van der Waals surface area contributed by atoms with Gasteiger partial charge in [-0.05, 0) is 24.3 Å². The van der Waals surface area contributed by atoms with Crippen molar-refractivity contribution in [3.63, 3.8) is 0 Å². The van der Waals surface area contributed by atoms with Crippen LogP contribution in [-0.2, 0) is 0 Å². The topological polar surface area (TPSA) is 50.2 Å². The van der Waals surface area contributed by atoms with E-state index in [-0.39, 0.29) is 5.56 Å². The van der Waals surface area contributed by atoms with Gasteiger partial charge in [0.15, 0.2) is 0 Å². The van der Waals surface area contributed by atoms with Crippen LogP contribution in [0.15, 0.2) is 88.1 Å². The number of para-hydroxylation sites is 2. The molecule has 2 heterocycles. The Balaban J connectivity index is 1.97. The van der Waals surface area contributed by atoms with E-state index in [1.165, 1.54) is 0 Å². The molecule has 5 rings (SSSR count). The molecule has 1 N–H and O–H groups in total. The van der Waals surface area contributed by atoms with Gasteiger partial charge in [-0.1, -0.05) is 70.5 Å². The van der Waals surface area contributed by atoms with Crippen LogP contribution in [0.1, 0.15) is 0 Å². The summed E-state index contributed by atoms with van der Waals surface area (Å²) in [6, 6.07) is 25.6. The predicted molar refractivity (Wildman–Crippen MR) is 112 cm³/mol. The standard InChI is InChI=1S/C22H14BrN3O/c23-16-12-10-15(11-13-16)21-25-19(14-6-2-1-3-7-14)20-22(27)24-17-8-4-5-9-18(17)26(20)21/h1-13H,(H,24,27). The number of nitrogens with zero attached hydrogens (tertiary/aromatic N) is 2. The summed E-state index contributed by atoms with van der Waals surface area (Å²) in [5.41, 5.74) is 4.65. The van der Waals surface area contributed by atoms with Crippen molar-refractivity contribution >= 4 is 32.5 Å². The van der Waals surface area contributed by atoms with E-state index in [0.29, 0.717) is 11.2 Å². The molecule has 3 aromatic carbocycles. The highest BCUT2D eigenvalue weighted by Gasteiger charge is 2.19. The van der Waals surface area contributed by atoms with Gasteiger partial charge in [-0.15, -0.1) is 0 Å². The van der Waals surface area contributed by atoms with Gasteiger partial charge in [0.2, 0.25) is 0 Å². The molecule has 0 aliphatic rings. The number of aromatic amines is 1. The summed E-state index contributed by atoms with van der Waals surface area (Å²) in [5, 5.41) is 0. The van der Waals surface area contributed by atoms with Gasteiger partial charge in [0.1, 0.15) is 17.0 Å². The number of rotatable bonds is 2. The first-order valence-corrected chi connectivity index (χ1v) is 9.36. The molecule has 0 radical (unpaired) electrons. The second-order valence-electron chi connectivity index (χ2n) is 6.31. The van der Waals surface area contributed by atoms with Crippen LogP contribution in [-0.4, -0.2) is 14.4 Å². The molecule has 0 spiro atoms. The van der Waals surface area contributed by atoms with E-state index < -0.39 is 0 Å². The molecule has 130 valence electrons. The molecular weight excluding hydrogens is 402 g/mol. The number of benzene rings is 3. The smallest absolute Gasteiger partial charge is 0.275 e. The highest BCUT2D eigenvalue weighted by molar-refractivity contribution is 9.10. The second kappa shape index (κ2) is 6.21. The van der Waals surface area contributed by atoms with E-state index in [2.05, 4.69) is 20.9 Å². The Kier molecular flexibility index (Phi) is 3.69. The van der Waals surface area contributed by atoms with E-state index in [0.717, 1.165) is 32.5 Å². The summed E-state index contributed by atoms with van der Waals surface area (Å²) in [6.07, 6.45) is 0. The molecule has 4 nitrogen and oxygen atoms in total. The summed E-state index contributed by atoms with van der Waals surface area (Å²) in [6.45, 7) is 0. The Labute approximate surface area is 163 Å². The molecule has 0 aliphatic carbocycles. The minimum absolute atomic E-state index is 0.150. The van der Waals surface area contributed by atoms with Crippen LogP contribution in [0.5, 0.6) is 0 Å². The van der Waals surface area contributed by atoms with Crippen molar-refractivity contribution < 1.29 is 0 Å². The molecule has 0 amide bonds. The third kappa shape index (κ3) is 2.59. The maximum atomic E-state index is 13.0.